The molecular weight excluding hydrogens is 286 g/mol. The van der Waals surface area contributed by atoms with Gasteiger partial charge in [-0.15, -0.1) is 4.83 Å². The lowest BCUT2D eigenvalue weighted by atomic mass is 10.1. The summed E-state index contributed by atoms with van der Waals surface area (Å²) in [4.78, 5) is 5.16. The SMILES string of the molecule is CN1CCN(NS(=O)(=O)c2ccc3ccccc3c2)CC1. The molecule has 0 radical (unpaired) electrons. The molecule has 0 saturated carbocycles. The molecule has 1 fully saturated rings. The number of benzene rings is 2. The van der Waals surface area contributed by atoms with Crippen molar-refractivity contribution < 1.29 is 8.42 Å². The largest absolute Gasteiger partial charge is 0.304 e. The zero-order chi connectivity index (χ0) is 14.9. The highest BCUT2D eigenvalue weighted by Crippen LogP contribution is 2.19. The maximum atomic E-state index is 12.5. The third kappa shape index (κ3) is 3.24. The van der Waals surface area contributed by atoms with E-state index in [-0.39, 0.29) is 0 Å². The predicted molar refractivity (Wildman–Crippen MR) is 83.3 cm³/mol. The summed E-state index contributed by atoms with van der Waals surface area (Å²) in [7, 11) is -1.47. The van der Waals surface area contributed by atoms with E-state index in [9.17, 15) is 8.42 Å². The summed E-state index contributed by atoms with van der Waals surface area (Å²) in [6.07, 6.45) is 0. The number of piperazine rings is 1. The minimum Gasteiger partial charge on any atom is -0.304 e. The van der Waals surface area contributed by atoms with E-state index in [0.717, 1.165) is 23.9 Å². The van der Waals surface area contributed by atoms with E-state index < -0.39 is 10.0 Å². The molecule has 112 valence electrons. The van der Waals surface area contributed by atoms with Crippen LogP contribution in [0.3, 0.4) is 0 Å². The van der Waals surface area contributed by atoms with E-state index in [2.05, 4.69) is 9.73 Å². The molecule has 1 heterocycles. The van der Waals surface area contributed by atoms with Crippen molar-refractivity contribution in [3.63, 3.8) is 0 Å². The molecule has 0 atom stereocenters. The summed E-state index contributed by atoms with van der Waals surface area (Å²) < 4.78 is 24.9. The zero-order valence-electron chi connectivity index (χ0n) is 12.0. The Balaban J connectivity index is 1.82. The number of hydrogen-bond acceptors (Lipinski definition) is 4. The van der Waals surface area contributed by atoms with Gasteiger partial charge < -0.3 is 4.90 Å². The molecule has 0 spiro atoms. The quantitative estimate of drug-likeness (QED) is 0.928. The van der Waals surface area contributed by atoms with Gasteiger partial charge in [0.05, 0.1) is 4.90 Å². The number of fused-ring (bicyclic) bond motifs is 1. The highest BCUT2D eigenvalue weighted by molar-refractivity contribution is 7.89. The average Bonchev–Trinajstić information content (AvgIpc) is 2.49. The second-order valence-corrected chi connectivity index (χ2v) is 7.05. The molecule has 0 aromatic heterocycles. The Morgan fingerprint density at radius 2 is 1.62 bits per heavy atom. The predicted octanol–water partition coefficient (Wildman–Crippen LogP) is 1.28. The fraction of sp³-hybridized carbons (Fsp3) is 0.333. The number of likely N-dealkylation sites (N-methyl/N-ethyl adjacent to an activating group) is 1. The van der Waals surface area contributed by atoms with Gasteiger partial charge in [0.2, 0.25) is 0 Å². The average molecular weight is 305 g/mol. The minimum absolute atomic E-state index is 0.306. The summed E-state index contributed by atoms with van der Waals surface area (Å²) in [5, 5.41) is 3.74. The van der Waals surface area contributed by atoms with Crippen molar-refractivity contribution in [1.29, 1.82) is 0 Å². The first-order chi connectivity index (χ1) is 10.0. The fourth-order valence-corrected chi connectivity index (χ4v) is 3.61. The number of sulfonamides is 1. The molecule has 0 amide bonds. The molecule has 1 aliphatic heterocycles. The molecule has 5 nitrogen and oxygen atoms in total. The third-order valence-corrected chi connectivity index (χ3v) is 5.16. The molecule has 2 aromatic carbocycles. The Morgan fingerprint density at radius 1 is 0.952 bits per heavy atom. The summed E-state index contributed by atoms with van der Waals surface area (Å²) >= 11 is 0. The van der Waals surface area contributed by atoms with Gasteiger partial charge in [-0.25, -0.2) is 13.4 Å². The van der Waals surface area contributed by atoms with Gasteiger partial charge in [-0.3, -0.25) is 0 Å². The lowest BCUT2D eigenvalue weighted by molar-refractivity contribution is 0.135. The summed E-state index contributed by atoms with van der Waals surface area (Å²) in [6.45, 7) is 3.12. The van der Waals surface area contributed by atoms with Gasteiger partial charge in [0, 0.05) is 26.2 Å². The highest BCUT2D eigenvalue weighted by atomic mass is 32.2. The van der Waals surface area contributed by atoms with Crippen LogP contribution in [0.5, 0.6) is 0 Å². The number of hydrazine groups is 1. The number of rotatable bonds is 3. The van der Waals surface area contributed by atoms with Crippen LogP contribution in [0.25, 0.3) is 10.8 Å². The number of nitrogens with zero attached hydrogens (tertiary/aromatic N) is 2. The van der Waals surface area contributed by atoms with E-state index in [1.54, 1.807) is 17.1 Å². The van der Waals surface area contributed by atoms with E-state index in [0.29, 0.717) is 18.0 Å². The second-order valence-electron chi connectivity index (χ2n) is 5.39. The van der Waals surface area contributed by atoms with Crippen molar-refractivity contribution in [3.8, 4) is 0 Å². The molecule has 0 unspecified atom stereocenters. The standard InChI is InChI=1S/C15H19N3O2S/c1-17-8-10-18(11-9-17)16-21(19,20)15-7-6-13-4-2-3-5-14(13)12-15/h2-7,12,16H,8-11H2,1H3. The second kappa shape index (κ2) is 5.73. The van der Waals surface area contributed by atoms with Crippen LogP contribution in [0.15, 0.2) is 47.4 Å². The van der Waals surface area contributed by atoms with Gasteiger partial charge >= 0.3 is 0 Å². The van der Waals surface area contributed by atoms with Crippen molar-refractivity contribution >= 4 is 20.8 Å². The van der Waals surface area contributed by atoms with Gasteiger partial charge in [0.25, 0.3) is 10.0 Å². The Kier molecular flexibility index (Phi) is 3.95. The first-order valence-corrected chi connectivity index (χ1v) is 8.48. The van der Waals surface area contributed by atoms with E-state index in [4.69, 9.17) is 0 Å². The van der Waals surface area contributed by atoms with Crippen LogP contribution < -0.4 is 4.83 Å². The molecular formula is C15H19N3O2S. The molecule has 3 rings (SSSR count). The first kappa shape index (κ1) is 14.5. The summed E-state index contributed by atoms with van der Waals surface area (Å²) in [5.41, 5.74) is 0. The Hall–Kier alpha value is -1.47. The van der Waals surface area contributed by atoms with Crippen LogP contribution in [0.1, 0.15) is 0 Å². The minimum atomic E-state index is -3.51. The van der Waals surface area contributed by atoms with Crippen molar-refractivity contribution in [2.45, 2.75) is 4.90 Å². The van der Waals surface area contributed by atoms with Gasteiger partial charge in [-0.1, -0.05) is 30.3 Å². The normalized spacial score (nSPS) is 18.1. The number of nitrogens with one attached hydrogen (secondary N) is 1. The van der Waals surface area contributed by atoms with E-state index >= 15 is 0 Å². The smallest absolute Gasteiger partial charge is 0.253 e. The highest BCUT2D eigenvalue weighted by Gasteiger charge is 2.21. The van der Waals surface area contributed by atoms with Crippen molar-refractivity contribution in [2.24, 2.45) is 0 Å². The maximum absolute atomic E-state index is 12.5. The molecule has 0 aliphatic carbocycles. The molecule has 21 heavy (non-hydrogen) atoms. The van der Waals surface area contributed by atoms with E-state index in [1.807, 2.05) is 37.4 Å². The molecule has 6 heteroatoms. The third-order valence-electron chi connectivity index (χ3n) is 3.78. The van der Waals surface area contributed by atoms with Gasteiger partial charge in [-0.2, -0.15) is 0 Å². The lowest BCUT2D eigenvalue weighted by Crippen LogP contribution is -2.52. The molecule has 1 saturated heterocycles. The topological polar surface area (TPSA) is 52.6 Å². The van der Waals surface area contributed by atoms with Gasteiger partial charge in [0.15, 0.2) is 0 Å². The Labute approximate surface area is 125 Å². The van der Waals surface area contributed by atoms with Crippen LogP contribution in [0.2, 0.25) is 0 Å². The molecule has 0 bridgehead atoms. The lowest BCUT2D eigenvalue weighted by Gasteiger charge is -2.32. The van der Waals surface area contributed by atoms with Crippen molar-refractivity contribution in [3.05, 3.63) is 42.5 Å². The molecule has 1 N–H and O–H groups in total. The molecule has 1 aliphatic rings. The molecule has 2 aromatic rings. The van der Waals surface area contributed by atoms with Gasteiger partial charge in [0.1, 0.15) is 0 Å². The Bertz CT molecular complexity index is 737. The van der Waals surface area contributed by atoms with Crippen LogP contribution in [-0.4, -0.2) is 51.6 Å². The van der Waals surface area contributed by atoms with Gasteiger partial charge in [-0.05, 0) is 30.0 Å². The maximum Gasteiger partial charge on any atom is 0.253 e. The van der Waals surface area contributed by atoms with E-state index in [1.165, 1.54) is 0 Å². The number of hydrogen-bond donors (Lipinski definition) is 1. The summed E-state index contributed by atoms with van der Waals surface area (Å²) in [6, 6.07) is 13.0. The van der Waals surface area contributed by atoms with Crippen LogP contribution in [0, 0.1) is 0 Å². The van der Waals surface area contributed by atoms with Crippen LogP contribution in [-0.2, 0) is 10.0 Å². The van der Waals surface area contributed by atoms with Crippen molar-refractivity contribution in [1.82, 2.24) is 14.7 Å². The summed E-state index contributed by atoms with van der Waals surface area (Å²) in [5.74, 6) is 0. The first-order valence-electron chi connectivity index (χ1n) is 6.99. The fourth-order valence-electron chi connectivity index (χ4n) is 2.45. The zero-order valence-corrected chi connectivity index (χ0v) is 12.8. The monoisotopic (exact) mass is 305 g/mol. The van der Waals surface area contributed by atoms with Crippen molar-refractivity contribution in [2.75, 3.05) is 33.2 Å². The van der Waals surface area contributed by atoms with Crippen LogP contribution in [0.4, 0.5) is 0 Å². The Morgan fingerprint density at radius 3 is 2.33 bits per heavy atom. The van der Waals surface area contributed by atoms with Crippen LogP contribution >= 0.6 is 0 Å².